The van der Waals surface area contributed by atoms with Crippen molar-refractivity contribution in [2.45, 2.75) is 6.42 Å². The van der Waals surface area contributed by atoms with Crippen LogP contribution >= 0.6 is 11.6 Å². The molecular formula is C12H15ClN2O. The number of hydrogen-bond donors (Lipinski definition) is 2. The second kappa shape index (κ2) is 5.32. The summed E-state index contributed by atoms with van der Waals surface area (Å²) in [4.78, 5) is 11.7. The molecule has 1 aliphatic heterocycles. The smallest absolute Gasteiger partial charge is 0.251 e. The first-order valence-corrected chi connectivity index (χ1v) is 5.88. The van der Waals surface area contributed by atoms with Crippen molar-refractivity contribution in [3.8, 4) is 0 Å². The van der Waals surface area contributed by atoms with Crippen LogP contribution in [0.5, 0.6) is 0 Å². The summed E-state index contributed by atoms with van der Waals surface area (Å²) in [6, 6.07) is 6.93. The minimum absolute atomic E-state index is 0.0241. The number of benzene rings is 1. The summed E-state index contributed by atoms with van der Waals surface area (Å²) in [5.41, 5.74) is 0.663. The Bertz CT molecular complexity index is 360. The number of carbonyl (C=O) groups excluding carboxylic acids is 1. The van der Waals surface area contributed by atoms with Gasteiger partial charge >= 0.3 is 0 Å². The van der Waals surface area contributed by atoms with E-state index in [0.717, 1.165) is 32.0 Å². The van der Waals surface area contributed by atoms with Crippen molar-refractivity contribution in [2.24, 2.45) is 5.92 Å². The molecule has 1 heterocycles. The zero-order chi connectivity index (χ0) is 11.4. The average Bonchev–Trinajstić information content (AvgIpc) is 2.22. The summed E-state index contributed by atoms with van der Waals surface area (Å²) in [6.07, 6.45) is 1.05. The van der Waals surface area contributed by atoms with Gasteiger partial charge in [-0.1, -0.05) is 11.6 Å². The van der Waals surface area contributed by atoms with E-state index in [4.69, 9.17) is 11.6 Å². The number of hydrogen-bond acceptors (Lipinski definition) is 2. The first-order valence-electron chi connectivity index (χ1n) is 5.50. The van der Waals surface area contributed by atoms with E-state index in [9.17, 15) is 4.79 Å². The highest BCUT2D eigenvalue weighted by Crippen LogP contribution is 2.10. The second-order valence-electron chi connectivity index (χ2n) is 4.08. The Labute approximate surface area is 100 Å². The van der Waals surface area contributed by atoms with Gasteiger partial charge in [-0.15, -0.1) is 0 Å². The molecule has 1 aromatic rings. The van der Waals surface area contributed by atoms with Crippen LogP contribution in [-0.2, 0) is 0 Å². The molecule has 1 aliphatic rings. The molecule has 1 saturated heterocycles. The Morgan fingerprint density at radius 2 is 2.06 bits per heavy atom. The van der Waals surface area contributed by atoms with Crippen LogP contribution < -0.4 is 10.6 Å². The molecule has 0 aromatic heterocycles. The number of rotatable bonds is 4. The van der Waals surface area contributed by atoms with E-state index in [1.165, 1.54) is 0 Å². The Kier molecular flexibility index (Phi) is 3.80. The van der Waals surface area contributed by atoms with Crippen LogP contribution in [0.2, 0.25) is 5.02 Å². The third-order valence-corrected chi connectivity index (χ3v) is 3.06. The van der Waals surface area contributed by atoms with Crippen LogP contribution in [0.1, 0.15) is 16.8 Å². The van der Waals surface area contributed by atoms with Gasteiger partial charge in [-0.3, -0.25) is 4.79 Å². The fourth-order valence-corrected chi connectivity index (χ4v) is 1.77. The molecule has 4 heteroatoms. The molecule has 1 aromatic carbocycles. The predicted molar refractivity (Wildman–Crippen MR) is 64.8 cm³/mol. The summed E-state index contributed by atoms with van der Waals surface area (Å²) in [7, 11) is 0. The maximum atomic E-state index is 11.7. The van der Waals surface area contributed by atoms with Gasteiger partial charge in [-0.2, -0.15) is 0 Å². The zero-order valence-electron chi connectivity index (χ0n) is 9.00. The zero-order valence-corrected chi connectivity index (χ0v) is 9.76. The predicted octanol–water partition coefficient (Wildman–Crippen LogP) is 1.68. The van der Waals surface area contributed by atoms with E-state index in [-0.39, 0.29) is 5.91 Å². The summed E-state index contributed by atoms with van der Waals surface area (Å²) < 4.78 is 0. The van der Waals surface area contributed by atoms with Crippen molar-refractivity contribution in [3.05, 3.63) is 34.9 Å². The first kappa shape index (κ1) is 11.4. The van der Waals surface area contributed by atoms with Crippen LogP contribution in [0.3, 0.4) is 0 Å². The van der Waals surface area contributed by atoms with Gasteiger partial charge in [0.05, 0.1) is 0 Å². The molecule has 0 radical (unpaired) electrons. The normalized spacial score (nSPS) is 15.6. The van der Waals surface area contributed by atoms with Crippen LogP contribution in [0.15, 0.2) is 24.3 Å². The lowest BCUT2D eigenvalue weighted by atomic mass is 9.99. The summed E-state index contributed by atoms with van der Waals surface area (Å²) in [6.45, 7) is 2.90. The summed E-state index contributed by atoms with van der Waals surface area (Å²) >= 11 is 5.75. The van der Waals surface area contributed by atoms with Crippen molar-refractivity contribution in [2.75, 3.05) is 19.6 Å². The Morgan fingerprint density at radius 3 is 2.62 bits per heavy atom. The van der Waals surface area contributed by atoms with Crippen LogP contribution in [-0.4, -0.2) is 25.5 Å². The Hall–Kier alpha value is -1.06. The van der Waals surface area contributed by atoms with Gasteiger partial charge in [-0.25, -0.2) is 0 Å². The molecule has 1 fully saturated rings. The topological polar surface area (TPSA) is 41.1 Å². The molecule has 0 unspecified atom stereocenters. The van der Waals surface area contributed by atoms with E-state index in [1.807, 2.05) is 0 Å². The number of halogens is 1. The molecular weight excluding hydrogens is 224 g/mol. The number of carbonyl (C=O) groups is 1. The molecule has 2 N–H and O–H groups in total. The van der Waals surface area contributed by atoms with Crippen molar-refractivity contribution < 1.29 is 4.79 Å². The van der Waals surface area contributed by atoms with Crippen LogP contribution in [0.4, 0.5) is 0 Å². The fourth-order valence-electron chi connectivity index (χ4n) is 1.65. The SMILES string of the molecule is O=C(NCCC1CNC1)c1ccc(Cl)cc1. The Morgan fingerprint density at radius 1 is 1.38 bits per heavy atom. The standard InChI is InChI=1S/C12H15ClN2O/c13-11-3-1-10(2-4-11)12(16)15-6-5-9-7-14-8-9/h1-4,9,14H,5-8H2,(H,15,16). The van der Waals surface area contributed by atoms with Gasteiger partial charge in [-0.05, 0) is 49.7 Å². The molecule has 0 bridgehead atoms. The molecule has 2 rings (SSSR count). The molecule has 0 atom stereocenters. The van der Waals surface area contributed by atoms with Crippen molar-refractivity contribution in [3.63, 3.8) is 0 Å². The highest BCUT2D eigenvalue weighted by molar-refractivity contribution is 6.30. The van der Waals surface area contributed by atoms with Crippen molar-refractivity contribution >= 4 is 17.5 Å². The minimum atomic E-state index is -0.0241. The highest BCUT2D eigenvalue weighted by Gasteiger charge is 2.16. The second-order valence-corrected chi connectivity index (χ2v) is 4.51. The highest BCUT2D eigenvalue weighted by atomic mass is 35.5. The molecule has 1 amide bonds. The third-order valence-electron chi connectivity index (χ3n) is 2.81. The molecule has 0 aliphatic carbocycles. The molecule has 16 heavy (non-hydrogen) atoms. The van der Waals surface area contributed by atoms with E-state index in [0.29, 0.717) is 10.6 Å². The third kappa shape index (κ3) is 2.97. The van der Waals surface area contributed by atoms with Gasteiger partial charge in [0.1, 0.15) is 0 Å². The maximum absolute atomic E-state index is 11.7. The molecule has 86 valence electrons. The van der Waals surface area contributed by atoms with Crippen molar-refractivity contribution in [1.29, 1.82) is 0 Å². The fraction of sp³-hybridized carbons (Fsp3) is 0.417. The van der Waals surface area contributed by atoms with Gasteiger partial charge in [0.2, 0.25) is 0 Å². The van der Waals surface area contributed by atoms with Crippen LogP contribution in [0, 0.1) is 5.92 Å². The average molecular weight is 239 g/mol. The van der Waals surface area contributed by atoms with Crippen molar-refractivity contribution in [1.82, 2.24) is 10.6 Å². The quantitative estimate of drug-likeness (QED) is 0.838. The van der Waals surface area contributed by atoms with E-state index in [1.54, 1.807) is 24.3 Å². The Balaban J connectivity index is 1.76. The molecule has 0 saturated carbocycles. The number of nitrogens with one attached hydrogen (secondary N) is 2. The summed E-state index contributed by atoms with van der Waals surface area (Å²) in [5, 5.41) is 6.77. The van der Waals surface area contributed by atoms with Gasteiger partial charge in [0.15, 0.2) is 0 Å². The van der Waals surface area contributed by atoms with E-state index >= 15 is 0 Å². The van der Waals surface area contributed by atoms with Gasteiger partial charge in [0.25, 0.3) is 5.91 Å². The summed E-state index contributed by atoms with van der Waals surface area (Å²) in [5.74, 6) is 0.703. The minimum Gasteiger partial charge on any atom is -0.352 e. The molecule has 0 spiro atoms. The lowest BCUT2D eigenvalue weighted by Crippen LogP contribution is -2.43. The van der Waals surface area contributed by atoms with Crippen LogP contribution in [0.25, 0.3) is 0 Å². The van der Waals surface area contributed by atoms with Gasteiger partial charge < -0.3 is 10.6 Å². The molecule has 3 nitrogen and oxygen atoms in total. The first-order chi connectivity index (χ1) is 7.75. The monoisotopic (exact) mass is 238 g/mol. The maximum Gasteiger partial charge on any atom is 0.251 e. The largest absolute Gasteiger partial charge is 0.352 e. The lowest BCUT2D eigenvalue weighted by molar-refractivity contribution is 0.0950. The van der Waals surface area contributed by atoms with E-state index in [2.05, 4.69) is 10.6 Å². The lowest BCUT2D eigenvalue weighted by Gasteiger charge is -2.26. The van der Waals surface area contributed by atoms with E-state index < -0.39 is 0 Å². The van der Waals surface area contributed by atoms with Gasteiger partial charge in [0, 0.05) is 17.1 Å². The number of amides is 1.